The van der Waals surface area contributed by atoms with E-state index in [4.69, 9.17) is 9.47 Å². The summed E-state index contributed by atoms with van der Waals surface area (Å²) in [5.41, 5.74) is 1.55. The zero-order chi connectivity index (χ0) is 15.8. The standard InChI is InChI=1S/C17H18N2O3/c1-3-22-15-6-4-13(12-16(15)21-2)5-7-17(20)19-14-8-10-18-11-9-14/h4-12H,3H2,1-2H3,(H,18,19,20)/b7-5+. The molecular weight excluding hydrogens is 280 g/mol. The molecule has 22 heavy (non-hydrogen) atoms. The van der Waals surface area contributed by atoms with E-state index in [9.17, 15) is 4.79 Å². The zero-order valence-electron chi connectivity index (χ0n) is 12.6. The lowest BCUT2D eigenvalue weighted by Crippen LogP contribution is -2.07. The maximum absolute atomic E-state index is 11.8. The van der Waals surface area contributed by atoms with Crippen molar-refractivity contribution in [3.05, 3.63) is 54.4 Å². The van der Waals surface area contributed by atoms with Gasteiger partial charge in [-0.3, -0.25) is 9.78 Å². The summed E-state index contributed by atoms with van der Waals surface area (Å²) in [6, 6.07) is 8.96. The number of benzene rings is 1. The molecule has 0 radical (unpaired) electrons. The molecule has 5 heteroatoms. The monoisotopic (exact) mass is 298 g/mol. The topological polar surface area (TPSA) is 60.5 Å². The van der Waals surface area contributed by atoms with Gasteiger partial charge in [0.25, 0.3) is 0 Å². The van der Waals surface area contributed by atoms with E-state index in [2.05, 4.69) is 10.3 Å². The normalized spacial score (nSPS) is 10.5. The maximum atomic E-state index is 11.8. The number of hydrogen-bond donors (Lipinski definition) is 1. The van der Waals surface area contributed by atoms with Crippen molar-refractivity contribution in [1.82, 2.24) is 4.98 Å². The molecular formula is C17H18N2O3. The van der Waals surface area contributed by atoms with Gasteiger partial charge < -0.3 is 14.8 Å². The summed E-state index contributed by atoms with van der Waals surface area (Å²) in [4.78, 5) is 15.7. The number of methoxy groups -OCH3 is 1. The molecule has 0 bridgehead atoms. The van der Waals surface area contributed by atoms with Gasteiger partial charge in [-0.25, -0.2) is 0 Å². The molecule has 2 rings (SSSR count). The van der Waals surface area contributed by atoms with E-state index in [1.165, 1.54) is 6.08 Å². The number of nitrogens with one attached hydrogen (secondary N) is 1. The van der Waals surface area contributed by atoms with Crippen molar-refractivity contribution in [2.24, 2.45) is 0 Å². The second kappa shape index (κ2) is 7.83. The third-order valence-corrected chi connectivity index (χ3v) is 2.86. The lowest BCUT2D eigenvalue weighted by Gasteiger charge is -2.09. The van der Waals surface area contributed by atoms with Crippen LogP contribution in [0.5, 0.6) is 11.5 Å². The molecule has 1 aromatic carbocycles. The first kappa shape index (κ1) is 15.6. The Labute approximate surface area is 129 Å². The fraction of sp³-hybridized carbons (Fsp3) is 0.176. The van der Waals surface area contributed by atoms with E-state index in [1.807, 2.05) is 25.1 Å². The van der Waals surface area contributed by atoms with Crippen molar-refractivity contribution in [3.63, 3.8) is 0 Å². The van der Waals surface area contributed by atoms with E-state index >= 15 is 0 Å². The second-order valence-electron chi connectivity index (χ2n) is 4.40. The Morgan fingerprint density at radius 3 is 2.68 bits per heavy atom. The maximum Gasteiger partial charge on any atom is 0.248 e. The van der Waals surface area contributed by atoms with Gasteiger partial charge in [0.15, 0.2) is 11.5 Å². The number of amides is 1. The van der Waals surface area contributed by atoms with Crippen LogP contribution in [0.3, 0.4) is 0 Å². The molecule has 5 nitrogen and oxygen atoms in total. The molecule has 2 aromatic rings. The van der Waals surface area contributed by atoms with Crippen LogP contribution in [0.4, 0.5) is 5.69 Å². The largest absolute Gasteiger partial charge is 0.493 e. The highest BCUT2D eigenvalue weighted by atomic mass is 16.5. The summed E-state index contributed by atoms with van der Waals surface area (Å²) >= 11 is 0. The Kier molecular flexibility index (Phi) is 5.54. The fourth-order valence-electron chi connectivity index (χ4n) is 1.85. The van der Waals surface area contributed by atoms with Crippen LogP contribution in [-0.2, 0) is 4.79 Å². The molecule has 114 valence electrons. The Morgan fingerprint density at radius 2 is 2.00 bits per heavy atom. The van der Waals surface area contributed by atoms with Gasteiger partial charge in [0.1, 0.15) is 0 Å². The molecule has 0 saturated carbocycles. The number of aromatic nitrogens is 1. The number of carbonyl (C=O) groups is 1. The smallest absolute Gasteiger partial charge is 0.248 e. The van der Waals surface area contributed by atoms with Crippen molar-refractivity contribution in [3.8, 4) is 11.5 Å². The molecule has 0 aliphatic rings. The van der Waals surface area contributed by atoms with Crippen LogP contribution < -0.4 is 14.8 Å². The first-order valence-corrected chi connectivity index (χ1v) is 6.93. The first-order valence-electron chi connectivity index (χ1n) is 6.93. The van der Waals surface area contributed by atoms with Crippen LogP contribution in [-0.4, -0.2) is 24.6 Å². The van der Waals surface area contributed by atoms with Gasteiger partial charge >= 0.3 is 0 Å². The average molecular weight is 298 g/mol. The van der Waals surface area contributed by atoms with Crippen LogP contribution in [0.1, 0.15) is 12.5 Å². The third kappa shape index (κ3) is 4.34. The van der Waals surface area contributed by atoms with Crippen LogP contribution in [0, 0.1) is 0 Å². The summed E-state index contributed by atoms with van der Waals surface area (Å²) in [5, 5.41) is 2.75. The Bertz CT molecular complexity index is 654. The molecule has 0 atom stereocenters. The van der Waals surface area contributed by atoms with Gasteiger partial charge in [-0.2, -0.15) is 0 Å². The highest BCUT2D eigenvalue weighted by Gasteiger charge is 2.04. The number of carbonyl (C=O) groups excluding carboxylic acids is 1. The highest BCUT2D eigenvalue weighted by Crippen LogP contribution is 2.28. The Balaban J connectivity index is 2.04. The second-order valence-corrected chi connectivity index (χ2v) is 4.40. The zero-order valence-corrected chi connectivity index (χ0v) is 12.6. The predicted octanol–water partition coefficient (Wildman–Crippen LogP) is 3.14. The average Bonchev–Trinajstić information content (AvgIpc) is 2.55. The van der Waals surface area contributed by atoms with Crippen molar-refractivity contribution < 1.29 is 14.3 Å². The van der Waals surface area contributed by atoms with Gasteiger partial charge in [-0.1, -0.05) is 6.07 Å². The first-order chi connectivity index (χ1) is 10.7. The van der Waals surface area contributed by atoms with Crippen LogP contribution in [0.2, 0.25) is 0 Å². The van der Waals surface area contributed by atoms with E-state index < -0.39 is 0 Å². The van der Waals surface area contributed by atoms with E-state index in [1.54, 1.807) is 37.7 Å². The lowest BCUT2D eigenvalue weighted by atomic mass is 10.2. The Hall–Kier alpha value is -2.82. The summed E-state index contributed by atoms with van der Waals surface area (Å²) in [5.74, 6) is 1.11. The quantitative estimate of drug-likeness (QED) is 0.832. The fourth-order valence-corrected chi connectivity index (χ4v) is 1.85. The van der Waals surface area contributed by atoms with Gasteiger partial charge in [0.05, 0.1) is 13.7 Å². The molecule has 0 spiro atoms. The summed E-state index contributed by atoms with van der Waals surface area (Å²) in [6.45, 7) is 2.48. The number of pyridine rings is 1. The SMILES string of the molecule is CCOc1ccc(/C=C/C(=O)Nc2ccncc2)cc1OC. The van der Waals surface area contributed by atoms with Crippen LogP contribution in [0.15, 0.2) is 48.8 Å². The minimum Gasteiger partial charge on any atom is -0.493 e. The number of ether oxygens (including phenoxy) is 2. The van der Waals surface area contributed by atoms with Gasteiger partial charge in [-0.05, 0) is 42.8 Å². The van der Waals surface area contributed by atoms with Crippen molar-refractivity contribution in [1.29, 1.82) is 0 Å². The van der Waals surface area contributed by atoms with Gasteiger partial charge in [0.2, 0.25) is 5.91 Å². The molecule has 0 aliphatic carbocycles. The number of nitrogens with zero attached hydrogens (tertiary/aromatic N) is 1. The minimum absolute atomic E-state index is 0.209. The minimum atomic E-state index is -0.209. The number of hydrogen-bond acceptors (Lipinski definition) is 4. The van der Waals surface area contributed by atoms with Crippen molar-refractivity contribution in [2.75, 3.05) is 19.0 Å². The van der Waals surface area contributed by atoms with Crippen LogP contribution >= 0.6 is 0 Å². The van der Waals surface area contributed by atoms with Crippen molar-refractivity contribution in [2.45, 2.75) is 6.92 Å². The summed E-state index contributed by atoms with van der Waals surface area (Å²) < 4.78 is 10.7. The molecule has 1 aromatic heterocycles. The third-order valence-electron chi connectivity index (χ3n) is 2.86. The number of rotatable bonds is 6. The highest BCUT2D eigenvalue weighted by molar-refractivity contribution is 6.01. The van der Waals surface area contributed by atoms with Crippen molar-refractivity contribution >= 4 is 17.7 Å². The van der Waals surface area contributed by atoms with Gasteiger partial charge in [-0.15, -0.1) is 0 Å². The van der Waals surface area contributed by atoms with E-state index in [-0.39, 0.29) is 5.91 Å². The molecule has 1 amide bonds. The number of anilines is 1. The molecule has 0 fully saturated rings. The van der Waals surface area contributed by atoms with E-state index in [0.717, 1.165) is 5.56 Å². The molecule has 0 unspecified atom stereocenters. The summed E-state index contributed by atoms with van der Waals surface area (Å²) in [6.07, 6.45) is 6.43. The molecule has 1 N–H and O–H groups in total. The molecule has 0 saturated heterocycles. The Morgan fingerprint density at radius 1 is 1.23 bits per heavy atom. The predicted molar refractivity (Wildman–Crippen MR) is 86.1 cm³/mol. The summed E-state index contributed by atoms with van der Waals surface area (Å²) in [7, 11) is 1.58. The van der Waals surface area contributed by atoms with E-state index in [0.29, 0.717) is 23.8 Å². The molecule has 1 heterocycles. The van der Waals surface area contributed by atoms with Gasteiger partial charge in [0, 0.05) is 24.2 Å². The van der Waals surface area contributed by atoms with Crippen LogP contribution in [0.25, 0.3) is 6.08 Å². The molecule has 0 aliphatic heterocycles. The lowest BCUT2D eigenvalue weighted by molar-refractivity contribution is -0.111.